The quantitative estimate of drug-likeness (QED) is 0.423. The van der Waals surface area contributed by atoms with Gasteiger partial charge in [0.1, 0.15) is 0 Å². The van der Waals surface area contributed by atoms with Gasteiger partial charge in [-0.05, 0) is 19.3 Å². The van der Waals surface area contributed by atoms with E-state index in [0.29, 0.717) is 5.92 Å². The van der Waals surface area contributed by atoms with Crippen LogP contribution in [0.3, 0.4) is 0 Å². The van der Waals surface area contributed by atoms with Gasteiger partial charge in [-0.2, -0.15) is 0 Å². The van der Waals surface area contributed by atoms with Gasteiger partial charge in [0.05, 0.1) is 0 Å². The van der Waals surface area contributed by atoms with E-state index >= 15 is 0 Å². The average Bonchev–Trinajstić information content (AvgIpc) is 2.04. The molecule has 0 amide bonds. The monoisotopic (exact) mass is 164 g/mol. The number of rotatable bonds is 5. The summed E-state index contributed by atoms with van der Waals surface area (Å²) in [5, 5.41) is 0. The molecule has 0 heteroatoms. The van der Waals surface area contributed by atoms with Crippen molar-refractivity contribution in [1.29, 1.82) is 0 Å². The fourth-order valence-electron chi connectivity index (χ4n) is 0.841. The second-order valence-corrected chi connectivity index (χ2v) is 3.28. The van der Waals surface area contributed by atoms with Gasteiger partial charge >= 0.3 is 0 Å². The Kier molecular flexibility index (Phi) is 6.45. The van der Waals surface area contributed by atoms with E-state index in [4.69, 9.17) is 0 Å². The molecule has 0 aromatic heterocycles. The van der Waals surface area contributed by atoms with Gasteiger partial charge in [0.15, 0.2) is 0 Å². The van der Waals surface area contributed by atoms with Gasteiger partial charge in [-0.1, -0.05) is 50.1 Å². The van der Waals surface area contributed by atoms with Crippen molar-refractivity contribution in [1.82, 2.24) is 0 Å². The maximum Gasteiger partial charge on any atom is -0.0141 e. The molecule has 0 aliphatic heterocycles. The van der Waals surface area contributed by atoms with Crippen molar-refractivity contribution in [2.45, 2.75) is 33.6 Å². The van der Waals surface area contributed by atoms with Gasteiger partial charge in [0.25, 0.3) is 0 Å². The highest BCUT2D eigenvalue weighted by Crippen LogP contribution is 2.04. The molecule has 0 unspecified atom stereocenters. The zero-order chi connectivity index (χ0) is 9.40. The Labute approximate surface area is 76.7 Å². The zero-order valence-electron chi connectivity index (χ0n) is 8.51. The lowest BCUT2D eigenvalue weighted by Gasteiger charge is -1.97. The van der Waals surface area contributed by atoms with Crippen molar-refractivity contribution in [3.63, 3.8) is 0 Å². The Balaban J connectivity index is 3.84. The van der Waals surface area contributed by atoms with Crippen LogP contribution in [0.5, 0.6) is 0 Å². The van der Waals surface area contributed by atoms with E-state index in [-0.39, 0.29) is 0 Å². The molecule has 0 aromatic rings. The average molecular weight is 164 g/mol. The highest BCUT2D eigenvalue weighted by Gasteiger charge is 1.88. The summed E-state index contributed by atoms with van der Waals surface area (Å²) in [6, 6.07) is 0. The van der Waals surface area contributed by atoms with Crippen molar-refractivity contribution >= 4 is 0 Å². The molecule has 0 nitrogen and oxygen atoms in total. The maximum absolute atomic E-state index is 3.70. The van der Waals surface area contributed by atoms with Crippen molar-refractivity contribution < 1.29 is 0 Å². The molecule has 0 aliphatic rings. The van der Waals surface area contributed by atoms with Crippen LogP contribution in [-0.4, -0.2) is 0 Å². The minimum atomic E-state index is 0.692. The lowest BCUT2D eigenvalue weighted by molar-refractivity contribution is 0.698. The van der Waals surface area contributed by atoms with Crippen molar-refractivity contribution in [3.8, 4) is 0 Å². The van der Waals surface area contributed by atoms with Gasteiger partial charge in [0.2, 0.25) is 0 Å². The van der Waals surface area contributed by atoms with Crippen LogP contribution in [0.2, 0.25) is 0 Å². The van der Waals surface area contributed by atoms with Gasteiger partial charge < -0.3 is 0 Å². The summed E-state index contributed by atoms with van der Waals surface area (Å²) >= 11 is 0. The number of hydrogen-bond donors (Lipinski definition) is 0. The van der Waals surface area contributed by atoms with Crippen LogP contribution in [0, 0.1) is 5.92 Å². The molecule has 0 saturated carbocycles. The summed E-state index contributed by atoms with van der Waals surface area (Å²) in [7, 11) is 0. The predicted octanol–water partition coefficient (Wildman–Crippen LogP) is 4.11. The summed E-state index contributed by atoms with van der Waals surface area (Å²) in [5.41, 5.74) is 1.37. The lowest BCUT2D eigenvalue weighted by atomic mass is 10.1. The minimum absolute atomic E-state index is 0.692. The molecule has 0 bridgehead atoms. The summed E-state index contributed by atoms with van der Waals surface area (Å²) in [5.74, 6) is 0.692. The van der Waals surface area contributed by atoms with E-state index in [1.807, 2.05) is 6.08 Å². The molecule has 68 valence electrons. The van der Waals surface area contributed by atoms with Crippen molar-refractivity contribution in [2.24, 2.45) is 5.92 Å². The first-order valence-electron chi connectivity index (χ1n) is 4.65. The van der Waals surface area contributed by atoms with Crippen LogP contribution in [0.25, 0.3) is 0 Å². The second kappa shape index (κ2) is 6.90. The molecular weight excluding hydrogens is 144 g/mol. The van der Waals surface area contributed by atoms with E-state index in [1.165, 1.54) is 12.0 Å². The van der Waals surface area contributed by atoms with Crippen LogP contribution in [-0.2, 0) is 0 Å². The molecule has 0 rings (SSSR count). The zero-order valence-corrected chi connectivity index (χ0v) is 8.51. The Morgan fingerprint density at radius 3 is 2.67 bits per heavy atom. The second-order valence-electron chi connectivity index (χ2n) is 3.28. The van der Waals surface area contributed by atoms with Crippen LogP contribution in [0.4, 0.5) is 0 Å². The van der Waals surface area contributed by atoms with Crippen molar-refractivity contribution in [3.05, 3.63) is 36.5 Å². The van der Waals surface area contributed by atoms with Gasteiger partial charge in [-0.15, -0.1) is 6.58 Å². The van der Waals surface area contributed by atoms with Gasteiger partial charge in [-0.25, -0.2) is 0 Å². The van der Waals surface area contributed by atoms with Gasteiger partial charge in [0, 0.05) is 0 Å². The maximum atomic E-state index is 3.70. The standard InChI is InChI=1S/C12H20/c1-5-8-12(4)10-7-9-11(3)6-2/h5,7,9-11H,1,6,8H2,2-4H3/b9-7+,12-10+/t11-/m0/s1. The minimum Gasteiger partial charge on any atom is -0.103 e. The van der Waals surface area contributed by atoms with Crippen LogP contribution < -0.4 is 0 Å². The third-order valence-electron chi connectivity index (χ3n) is 1.93. The first kappa shape index (κ1) is 11.2. The van der Waals surface area contributed by atoms with E-state index < -0.39 is 0 Å². The van der Waals surface area contributed by atoms with Gasteiger partial charge in [-0.3, -0.25) is 0 Å². The van der Waals surface area contributed by atoms with E-state index in [9.17, 15) is 0 Å². The van der Waals surface area contributed by atoms with Crippen LogP contribution in [0.15, 0.2) is 36.5 Å². The Bertz CT molecular complexity index is 172. The summed E-state index contributed by atoms with van der Waals surface area (Å²) in [6.45, 7) is 10.3. The van der Waals surface area contributed by atoms with E-state index in [0.717, 1.165) is 6.42 Å². The molecule has 12 heavy (non-hydrogen) atoms. The molecule has 0 aromatic carbocycles. The Morgan fingerprint density at radius 2 is 2.17 bits per heavy atom. The predicted molar refractivity (Wildman–Crippen MR) is 57.2 cm³/mol. The molecular formula is C12H20. The topological polar surface area (TPSA) is 0 Å². The highest BCUT2D eigenvalue weighted by molar-refractivity contribution is 5.13. The van der Waals surface area contributed by atoms with E-state index in [2.05, 4.69) is 45.6 Å². The Hall–Kier alpha value is -0.780. The van der Waals surface area contributed by atoms with Crippen molar-refractivity contribution in [2.75, 3.05) is 0 Å². The third kappa shape index (κ3) is 5.96. The molecule has 0 heterocycles. The smallest absolute Gasteiger partial charge is 0.0141 e. The third-order valence-corrected chi connectivity index (χ3v) is 1.93. The van der Waals surface area contributed by atoms with E-state index in [1.54, 1.807) is 0 Å². The fourth-order valence-corrected chi connectivity index (χ4v) is 0.841. The fraction of sp³-hybridized carbons (Fsp3) is 0.500. The SMILES string of the molecule is C=CC/C(C)=C/C=C/[C@@H](C)CC. The first-order valence-corrected chi connectivity index (χ1v) is 4.65. The summed E-state index contributed by atoms with van der Waals surface area (Å²) < 4.78 is 0. The molecule has 0 aliphatic carbocycles. The Morgan fingerprint density at radius 1 is 1.50 bits per heavy atom. The number of hydrogen-bond acceptors (Lipinski definition) is 0. The molecule has 0 radical (unpaired) electrons. The summed E-state index contributed by atoms with van der Waals surface area (Å²) in [4.78, 5) is 0. The normalized spacial score (nSPS) is 15.1. The molecule has 1 atom stereocenters. The largest absolute Gasteiger partial charge is 0.103 e. The molecule has 0 N–H and O–H groups in total. The highest BCUT2D eigenvalue weighted by atomic mass is 13.9. The number of allylic oxidation sites excluding steroid dienone is 5. The summed E-state index contributed by atoms with van der Waals surface area (Å²) in [6.07, 6.45) is 10.7. The molecule has 0 saturated heterocycles. The first-order chi connectivity index (χ1) is 5.70. The van der Waals surface area contributed by atoms with Crippen LogP contribution >= 0.6 is 0 Å². The molecule has 0 fully saturated rings. The lowest BCUT2D eigenvalue weighted by Crippen LogP contribution is -1.83. The van der Waals surface area contributed by atoms with Crippen LogP contribution in [0.1, 0.15) is 33.6 Å². The molecule has 0 spiro atoms.